The molecule has 0 radical (unpaired) electrons. The number of hydrogen-bond donors (Lipinski definition) is 0. The summed E-state index contributed by atoms with van der Waals surface area (Å²) in [5.41, 5.74) is 0. The predicted octanol–water partition coefficient (Wildman–Crippen LogP) is 2.83. The van der Waals surface area contributed by atoms with Crippen LogP contribution in [0.15, 0.2) is 4.99 Å². The molecule has 1 aliphatic carbocycles. The van der Waals surface area contributed by atoms with E-state index >= 15 is 0 Å². The van der Waals surface area contributed by atoms with Crippen molar-refractivity contribution in [3.8, 4) is 0 Å². The van der Waals surface area contributed by atoms with Crippen LogP contribution < -0.4 is 0 Å². The van der Waals surface area contributed by atoms with Gasteiger partial charge in [0.25, 0.3) is 5.91 Å². The smallest absolute Gasteiger partial charge is 0.257 e. The highest BCUT2D eigenvalue weighted by molar-refractivity contribution is 7.78. The largest absolute Gasteiger partial charge is 0.272 e. The normalized spacial score (nSPS) is 27.8. The van der Waals surface area contributed by atoms with E-state index in [1.54, 1.807) is 0 Å². The van der Waals surface area contributed by atoms with Gasteiger partial charge in [-0.15, -0.1) is 0 Å². The van der Waals surface area contributed by atoms with E-state index in [4.69, 9.17) is 0 Å². The summed E-state index contributed by atoms with van der Waals surface area (Å²) >= 11 is 4.41. The fraction of sp³-hybridized carbons (Fsp3) is 0.800. The Labute approximate surface area is 84.4 Å². The second kappa shape index (κ2) is 5.25. The molecular weight excluding hydrogens is 182 g/mol. The van der Waals surface area contributed by atoms with Gasteiger partial charge in [-0.05, 0) is 43.8 Å². The van der Waals surface area contributed by atoms with E-state index in [0.29, 0.717) is 0 Å². The minimum absolute atomic E-state index is 0.0652. The summed E-state index contributed by atoms with van der Waals surface area (Å²) < 4.78 is 0. The zero-order valence-corrected chi connectivity index (χ0v) is 8.77. The molecule has 0 heterocycles. The lowest BCUT2D eigenvalue weighted by molar-refractivity contribution is -0.122. The van der Waals surface area contributed by atoms with E-state index in [9.17, 15) is 4.79 Å². The Morgan fingerprint density at radius 3 is 2.54 bits per heavy atom. The van der Waals surface area contributed by atoms with E-state index in [-0.39, 0.29) is 11.8 Å². The van der Waals surface area contributed by atoms with E-state index < -0.39 is 0 Å². The van der Waals surface area contributed by atoms with Crippen LogP contribution in [0, 0.1) is 11.8 Å². The number of rotatable bonds is 2. The van der Waals surface area contributed by atoms with Crippen molar-refractivity contribution in [1.82, 2.24) is 0 Å². The molecular formula is C10H15NOS. The van der Waals surface area contributed by atoms with Crippen molar-refractivity contribution in [3.63, 3.8) is 0 Å². The number of hydrogen-bond acceptors (Lipinski definition) is 2. The summed E-state index contributed by atoms with van der Waals surface area (Å²) in [4.78, 5) is 14.8. The molecule has 13 heavy (non-hydrogen) atoms. The van der Waals surface area contributed by atoms with Gasteiger partial charge in [0.05, 0.1) is 5.16 Å². The third kappa shape index (κ3) is 3.02. The number of thiocarbonyl (C=S) groups is 1. The van der Waals surface area contributed by atoms with Crippen molar-refractivity contribution in [1.29, 1.82) is 0 Å². The SMILES string of the molecule is CCC1CCC(C(=O)N=C=S)CC1. The van der Waals surface area contributed by atoms with Crippen molar-refractivity contribution < 1.29 is 4.79 Å². The van der Waals surface area contributed by atoms with Crippen LogP contribution in [0.1, 0.15) is 39.0 Å². The molecule has 0 spiro atoms. The van der Waals surface area contributed by atoms with Crippen LogP contribution in [-0.2, 0) is 4.79 Å². The number of isothiocyanates is 1. The Kier molecular flexibility index (Phi) is 4.26. The van der Waals surface area contributed by atoms with Gasteiger partial charge in [0.2, 0.25) is 0 Å². The Bertz CT molecular complexity index is 225. The molecule has 0 atom stereocenters. The molecule has 0 N–H and O–H groups in total. The molecule has 3 heteroatoms. The molecule has 72 valence electrons. The lowest BCUT2D eigenvalue weighted by Crippen LogP contribution is -2.20. The van der Waals surface area contributed by atoms with E-state index in [0.717, 1.165) is 18.8 Å². The topological polar surface area (TPSA) is 29.4 Å². The summed E-state index contributed by atoms with van der Waals surface area (Å²) in [5, 5.41) is 2.15. The predicted molar refractivity (Wildman–Crippen MR) is 55.8 cm³/mol. The molecule has 1 aliphatic rings. The number of amides is 1. The van der Waals surface area contributed by atoms with Crippen LogP contribution in [0.2, 0.25) is 0 Å². The fourth-order valence-corrected chi connectivity index (χ4v) is 2.04. The molecule has 1 saturated carbocycles. The van der Waals surface area contributed by atoms with Gasteiger partial charge in [-0.25, -0.2) is 0 Å². The Hall–Kier alpha value is -0.530. The minimum atomic E-state index is -0.0652. The molecule has 0 aliphatic heterocycles. The highest BCUT2D eigenvalue weighted by Gasteiger charge is 2.24. The maximum absolute atomic E-state index is 11.3. The third-order valence-corrected chi connectivity index (χ3v) is 3.02. The lowest BCUT2D eigenvalue weighted by atomic mass is 9.80. The lowest BCUT2D eigenvalue weighted by Gasteiger charge is -2.25. The molecule has 1 rings (SSSR count). The molecule has 0 bridgehead atoms. The summed E-state index contributed by atoms with van der Waals surface area (Å²) in [7, 11) is 0. The highest BCUT2D eigenvalue weighted by Crippen LogP contribution is 2.31. The minimum Gasteiger partial charge on any atom is -0.272 e. The summed E-state index contributed by atoms with van der Waals surface area (Å²) in [6, 6.07) is 0. The molecule has 0 aromatic rings. The summed E-state index contributed by atoms with van der Waals surface area (Å²) in [5.74, 6) is 0.878. The van der Waals surface area contributed by atoms with Gasteiger partial charge in [-0.1, -0.05) is 13.3 Å². The van der Waals surface area contributed by atoms with E-state index in [1.807, 2.05) is 0 Å². The van der Waals surface area contributed by atoms with Crippen molar-refractivity contribution in [3.05, 3.63) is 0 Å². The standard InChI is InChI=1S/C10H15NOS/c1-2-8-3-5-9(6-4-8)10(12)11-7-13/h8-9H,2-6H2,1H3. The molecule has 0 unspecified atom stereocenters. The van der Waals surface area contributed by atoms with Gasteiger partial charge >= 0.3 is 0 Å². The van der Waals surface area contributed by atoms with Crippen molar-refractivity contribution >= 4 is 23.3 Å². The molecule has 0 aromatic carbocycles. The first-order valence-corrected chi connectivity index (χ1v) is 5.30. The number of carbonyl (C=O) groups is 1. The van der Waals surface area contributed by atoms with Crippen molar-refractivity contribution in [2.45, 2.75) is 39.0 Å². The van der Waals surface area contributed by atoms with Gasteiger partial charge in [-0.2, -0.15) is 4.99 Å². The van der Waals surface area contributed by atoms with Gasteiger partial charge in [0.15, 0.2) is 0 Å². The molecule has 2 nitrogen and oxygen atoms in total. The Balaban J connectivity index is 2.40. The number of carbonyl (C=O) groups excluding carboxylic acids is 1. The second-order valence-electron chi connectivity index (χ2n) is 3.67. The zero-order chi connectivity index (χ0) is 9.68. The van der Waals surface area contributed by atoms with Gasteiger partial charge < -0.3 is 0 Å². The summed E-state index contributed by atoms with van der Waals surface area (Å²) in [6.07, 6.45) is 5.53. The van der Waals surface area contributed by atoms with Crippen LogP contribution in [-0.4, -0.2) is 11.1 Å². The van der Waals surface area contributed by atoms with E-state index in [2.05, 4.69) is 29.3 Å². The maximum atomic E-state index is 11.3. The molecule has 1 amide bonds. The quantitative estimate of drug-likeness (QED) is 0.503. The fourth-order valence-electron chi connectivity index (χ4n) is 1.95. The first kappa shape index (κ1) is 10.6. The van der Waals surface area contributed by atoms with Gasteiger partial charge in [0, 0.05) is 5.92 Å². The van der Waals surface area contributed by atoms with Gasteiger partial charge in [0.1, 0.15) is 0 Å². The number of nitrogens with zero attached hydrogens (tertiary/aromatic N) is 1. The van der Waals surface area contributed by atoms with Crippen LogP contribution >= 0.6 is 12.2 Å². The first-order valence-electron chi connectivity index (χ1n) is 4.89. The van der Waals surface area contributed by atoms with Crippen LogP contribution in [0.5, 0.6) is 0 Å². The van der Waals surface area contributed by atoms with E-state index in [1.165, 1.54) is 19.3 Å². The monoisotopic (exact) mass is 197 g/mol. The highest BCUT2D eigenvalue weighted by atomic mass is 32.1. The Morgan fingerprint density at radius 1 is 1.46 bits per heavy atom. The van der Waals surface area contributed by atoms with Crippen LogP contribution in [0.4, 0.5) is 0 Å². The number of aliphatic imine (C=N–C) groups is 1. The third-order valence-electron chi connectivity index (χ3n) is 2.93. The van der Waals surface area contributed by atoms with Crippen molar-refractivity contribution in [2.75, 3.05) is 0 Å². The van der Waals surface area contributed by atoms with Crippen LogP contribution in [0.3, 0.4) is 0 Å². The maximum Gasteiger partial charge on any atom is 0.257 e. The molecule has 0 aromatic heterocycles. The van der Waals surface area contributed by atoms with Gasteiger partial charge in [-0.3, -0.25) is 4.79 Å². The molecule has 0 saturated heterocycles. The van der Waals surface area contributed by atoms with Crippen LogP contribution in [0.25, 0.3) is 0 Å². The average molecular weight is 197 g/mol. The molecule has 1 fully saturated rings. The zero-order valence-electron chi connectivity index (χ0n) is 7.95. The summed E-state index contributed by atoms with van der Waals surface area (Å²) in [6.45, 7) is 2.21. The second-order valence-corrected chi connectivity index (χ2v) is 3.85. The average Bonchev–Trinajstić information content (AvgIpc) is 2.18. The Morgan fingerprint density at radius 2 is 2.08 bits per heavy atom. The van der Waals surface area contributed by atoms with Crippen molar-refractivity contribution in [2.24, 2.45) is 16.8 Å². The first-order chi connectivity index (χ1) is 6.27.